The number of nitrogens with one attached hydrogen (secondary N) is 2. The van der Waals surface area contributed by atoms with Crippen LogP contribution in [0.2, 0.25) is 0 Å². The lowest BCUT2D eigenvalue weighted by Crippen LogP contribution is -2.53. The lowest BCUT2D eigenvalue weighted by atomic mass is 10.0. The summed E-state index contributed by atoms with van der Waals surface area (Å²) in [5, 5.41) is 13.4. The number of benzene rings is 1. The molecule has 1 rings (SSSR count). The average Bonchev–Trinajstić information content (AvgIpc) is 2.49. The zero-order valence-corrected chi connectivity index (χ0v) is 13.6. The highest BCUT2D eigenvalue weighted by Crippen LogP contribution is 2.08. The Balaban J connectivity index is 2.85. The van der Waals surface area contributed by atoms with Crippen molar-refractivity contribution in [3.05, 3.63) is 35.6 Å². The van der Waals surface area contributed by atoms with Crippen LogP contribution in [-0.4, -0.2) is 40.9 Å². The number of carbonyl (C=O) groups is 4. The zero-order valence-electron chi connectivity index (χ0n) is 13.6. The van der Waals surface area contributed by atoms with E-state index in [1.165, 1.54) is 25.1 Å². The number of amides is 3. The molecule has 2 atom stereocenters. The summed E-state index contributed by atoms with van der Waals surface area (Å²) in [5.74, 6) is -3.72. The fourth-order valence-corrected chi connectivity index (χ4v) is 2.18. The van der Waals surface area contributed by atoms with Crippen molar-refractivity contribution in [1.82, 2.24) is 10.6 Å². The maximum Gasteiger partial charge on any atom is 0.303 e. The Kier molecular flexibility index (Phi) is 7.51. The number of rotatable bonds is 9. The number of aliphatic carboxylic acids is 1. The molecule has 0 aliphatic carbocycles. The van der Waals surface area contributed by atoms with Gasteiger partial charge in [-0.05, 0) is 24.1 Å². The van der Waals surface area contributed by atoms with Gasteiger partial charge in [0.15, 0.2) is 0 Å². The van der Waals surface area contributed by atoms with E-state index in [1.807, 2.05) is 0 Å². The third-order valence-electron chi connectivity index (χ3n) is 3.33. The third kappa shape index (κ3) is 7.42. The Morgan fingerprint density at radius 3 is 2.40 bits per heavy atom. The Bertz CT molecular complexity index is 665. The molecule has 0 bridgehead atoms. The number of primary amides is 1. The first kappa shape index (κ1) is 20.1. The number of hydrogen-bond acceptors (Lipinski definition) is 4. The highest BCUT2D eigenvalue weighted by atomic mass is 19.1. The normalized spacial score (nSPS) is 12.7. The molecule has 0 unspecified atom stereocenters. The van der Waals surface area contributed by atoms with Crippen LogP contribution in [0.5, 0.6) is 0 Å². The van der Waals surface area contributed by atoms with Crippen molar-refractivity contribution in [3.8, 4) is 0 Å². The Morgan fingerprint density at radius 2 is 1.88 bits per heavy atom. The minimum atomic E-state index is -1.19. The summed E-state index contributed by atoms with van der Waals surface area (Å²) in [6.45, 7) is 1.21. The molecule has 1 aromatic carbocycles. The van der Waals surface area contributed by atoms with Gasteiger partial charge in [0.1, 0.15) is 17.9 Å². The monoisotopic (exact) mass is 353 g/mol. The van der Waals surface area contributed by atoms with E-state index in [-0.39, 0.29) is 19.3 Å². The van der Waals surface area contributed by atoms with Crippen LogP contribution in [-0.2, 0) is 25.6 Å². The molecule has 5 N–H and O–H groups in total. The molecular formula is C16H20FN3O5. The van der Waals surface area contributed by atoms with Gasteiger partial charge >= 0.3 is 5.97 Å². The van der Waals surface area contributed by atoms with Gasteiger partial charge < -0.3 is 21.5 Å². The van der Waals surface area contributed by atoms with Crippen molar-refractivity contribution < 1.29 is 28.7 Å². The second-order valence-electron chi connectivity index (χ2n) is 5.48. The molecule has 0 saturated heterocycles. The number of halogens is 1. The van der Waals surface area contributed by atoms with Gasteiger partial charge in [0.25, 0.3) is 0 Å². The van der Waals surface area contributed by atoms with Gasteiger partial charge in [-0.2, -0.15) is 0 Å². The number of carboxylic acid groups (broad SMARTS) is 1. The predicted molar refractivity (Wildman–Crippen MR) is 85.7 cm³/mol. The van der Waals surface area contributed by atoms with Crippen LogP contribution in [0.4, 0.5) is 4.39 Å². The highest BCUT2D eigenvalue weighted by molar-refractivity contribution is 5.91. The molecule has 0 saturated carbocycles. The van der Waals surface area contributed by atoms with Gasteiger partial charge in [-0.25, -0.2) is 4.39 Å². The summed E-state index contributed by atoms with van der Waals surface area (Å²) < 4.78 is 13.3. The van der Waals surface area contributed by atoms with Crippen LogP contribution in [0.25, 0.3) is 0 Å². The van der Waals surface area contributed by atoms with Crippen LogP contribution in [0, 0.1) is 5.82 Å². The first-order valence-corrected chi connectivity index (χ1v) is 7.52. The fourth-order valence-electron chi connectivity index (χ4n) is 2.18. The summed E-state index contributed by atoms with van der Waals surface area (Å²) in [6, 6.07) is 3.26. The smallest absolute Gasteiger partial charge is 0.303 e. The van der Waals surface area contributed by atoms with Gasteiger partial charge in [-0.3, -0.25) is 19.2 Å². The Labute approximate surface area is 143 Å². The summed E-state index contributed by atoms with van der Waals surface area (Å²) >= 11 is 0. The van der Waals surface area contributed by atoms with Crippen molar-refractivity contribution in [2.24, 2.45) is 5.73 Å². The van der Waals surface area contributed by atoms with Crippen molar-refractivity contribution in [2.75, 3.05) is 0 Å². The third-order valence-corrected chi connectivity index (χ3v) is 3.33. The van der Waals surface area contributed by atoms with Crippen LogP contribution in [0.3, 0.4) is 0 Å². The molecule has 136 valence electrons. The first-order chi connectivity index (χ1) is 11.7. The molecule has 0 aromatic heterocycles. The molecule has 9 heteroatoms. The molecule has 0 radical (unpaired) electrons. The van der Waals surface area contributed by atoms with Crippen molar-refractivity contribution in [1.29, 1.82) is 0 Å². The summed E-state index contributed by atoms with van der Waals surface area (Å²) in [4.78, 5) is 45.6. The summed E-state index contributed by atoms with van der Waals surface area (Å²) in [6.07, 6.45) is -0.542. The summed E-state index contributed by atoms with van der Waals surface area (Å²) in [7, 11) is 0. The Hall–Kier alpha value is -2.97. The topological polar surface area (TPSA) is 139 Å². The van der Waals surface area contributed by atoms with Crippen LogP contribution < -0.4 is 16.4 Å². The van der Waals surface area contributed by atoms with Crippen LogP contribution >= 0.6 is 0 Å². The summed E-state index contributed by atoms with van der Waals surface area (Å²) in [5.41, 5.74) is 5.63. The predicted octanol–water partition coefficient (Wildman–Crippen LogP) is -0.292. The van der Waals surface area contributed by atoms with Crippen LogP contribution in [0.15, 0.2) is 24.3 Å². The van der Waals surface area contributed by atoms with Gasteiger partial charge in [0.2, 0.25) is 17.7 Å². The van der Waals surface area contributed by atoms with Crippen molar-refractivity contribution >= 4 is 23.7 Å². The number of hydrogen-bond donors (Lipinski definition) is 4. The van der Waals surface area contributed by atoms with Crippen molar-refractivity contribution in [3.63, 3.8) is 0 Å². The van der Waals surface area contributed by atoms with E-state index in [4.69, 9.17) is 10.8 Å². The molecule has 0 spiro atoms. The highest BCUT2D eigenvalue weighted by Gasteiger charge is 2.25. The molecule has 0 heterocycles. The number of nitrogens with two attached hydrogens (primary N) is 1. The van der Waals surface area contributed by atoms with E-state index in [2.05, 4.69) is 10.6 Å². The van der Waals surface area contributed by atoms with Gasteiger partial charge in [-0.15, -0.1) is 0 Å². The van der Waals surface area contributed by atoms with Gasteiger partial charge in [0, 0.05) is 19.8 Å². The molecule has 0 aliphatic rings. The second kappa shape index (κ2) is 9.36. The van der Waals surface area contributed by atoms with E-state index in [9.17, 15) is 23.6 Å². The lowest BCUT2D eigenvalue weighted by molar-refractivity contribution is -0.137. The van der Waals surface area contributed by atoms with Gasteiger partial charge in [-0.1, -0.05) is 12.1 Å². The van der Waals surface area contributed by atoms with E-state index in [1.54, 1.807) is 6.07 Å². The lowest BCUT2D eigenvalue weighted by Gasteiger charge is -2.21. The molecule has 8 nitrogen and oxygen atoms in total. The maximum atomic E-state index is 13.3. The molecule has 0 aliphatic heterocycles. The Morgan fingerprint density at radius 1 is 1.20 bits per heavy atom. The molecule has 3 amide bonds. The van der Waals surface area contributed by atoms with E-state index in [0.717, 1.165) is 0 Å². The minimum absolute atomic E-state index is 0.00636. The average molecular weight is 353 g/mol. The number of carboxylic acids is 1. The quantitative estimate of drug-likeness (QED) is 0.483. The fraction of sp³-hybridized carbons (Fsp3) is 0.375. The van der Waals surface area contributed by atoms with Crippen molar-refractivity contribution in [2.45, 2.75) is 38.3 Å². The maximum absolute atomic E-state index is 13.3. The largest absolute Gasteiger partial charge is 0.481 e. The first-order valence-electron chi connectivity index (χ1n) is 7.52. The van der Waals surface area contributed by atoms with E-state index >= 15 is 0 Å². The molecule has 1 aromatic rings. The number of carbonyl (C=O) groups excluding carboxylic acids is 3. The minimum Gasteiger partial charge on any atom is -0.481 e. The standard InChI is InChI=1S/C16H20FN3O5/c1-9(21)19-13(8-10-3-2-4-11(17)7-10)16(25)20-12(15(18)24)5-6-14(22)23/h2-4,7,12-13H,5-6,8H2,1H3,(H2,18,24)(H,19,21)(H,20,25)(H,22,23)/t12-,13-/m0/s1. The van der Waals surface area contributed by atoms with Gasteiger partial charge in [0.05, 0.1) is 0 Å². The zero-order chi connectivity index (χ0) is 19.0. The van der Waals surface area contributed by atoms with E-state index < -0.39 is 41.6 Å². The molecule has 0 fully saturated rings. The van der Waals surface area contributed by atoms with Crippen LogP contribution in [0.1, 0.15) is 25.3 Å². The SMILES string of the molecule is CC(=O)N[C@@H](Cc1cccc(F)c1)C(=O)N[C@@H](CCC(=O)O)C(N)=O. The van der Waals surface area contributed by atoms with E-state index in [0.29, 0.717) is 5.56 Å². The molecule has 25 heavy (non-hydrogen) atoms. The second-order valence-corrected chi connectivity index (χ2v) is 5.48. The molecular weight excluding hydrogens is 333 g/mol.